The highest BCUT2D eigenvalue weighted by Gasteiger charge is 2.19. The molecule has 0 saturated heterocycles. The number of benzene rings is 1. The normalized spacial score (nSPS) is 10.8. The van der Waals surface area contributed by atoms with Crippen LogP contribution in [0.2, 0.25) is 0 Å². The fourth-order valence-corrected chi connectivity index (χ4v) is 2.52. The fourth-order valence-electron chi connectivity index (χ4n) is 2.52. The number of ether oxygens (including phenoxy) is 1. The molecule has 0 fully saturated rings. The van der Waals surface area contributed by atoms with Crippen molar-refractivity contribution in [1.29, 1.82) is 0 Å². The standard InChI is InChI=1S/C17H18FNO3/c1-10(2)12-6-11(18)7-13(14(12)8-17(20)21)15-9-19-5-4-16(15)22-3/h4-7,9-10H,8H2,1-3H3,(H,20,21). The van der Waals surface area contributed by atoms with Gasteiger partial charge in [-0.05, 0) is 40.8 Å². The molecule has 0 aliphatic rings. The van der Waals surface area contributed by atoms with Gasteiger partial charge in [-0.3, -0.25) is 9.78 Å². The molecule has 0 unspecified atom stereocenters. The van der Waals surface area contributed by atoms with Crippen LogP contribution in [-0.2, 0) is 11.2 Å². The Kier molecular flexibility index (Phi) is 4.75. The van der Waals surface area contributed by atoms with E-state index in [0.29, 0.717) is 28.0 Å². The molecule has 0 spiro atoms. The third kappa shape index (κ3) is 3.24. The van der Waals surface area contributed by atoms with Gasteiger partial charge in [0.05, 0.1) is 13.5 Å². The van der Waals surface area contributed by atoms with Crippen molar-refractivity contribution in [3.8, 4) is 16.9 Å². The van der Waals surface area contributed by atoms with Gasteiger partial charge in [0.2, 0.25) is 0 Å². The van der Waals surface area contributed by atoms with Crippen molar-refractivity contribution in [3.63, 3.8) is 0 Å². The van der Waals surface area contributed by atoms with E-state index in [1.165, 1.54) is 19.2 Å². The van der Waals surface area contributed by atoms with Crippen LogP contribution in [0.25, 0.3) is 11.1 Å². The van der Waals surface area contributed by atoms with Gasteiger partial charge in [-0.2, -0.15) is 0 Å². The molecule has 1 aromatic carbocycles. The molecular weight excluding hydrogens is 285 g/mol. The van der Waals surface area contributed by atoms with Gasteiger partial charge < -0.3 is 9.84 Å². The lowest BCUT2D eigenvalue weighted by molar-refractivity contribution is -0.136. The Labute approximate surface area is 128 Å². The number of carboxylic acids is 1. The molecule has 0 aliphatic carbocycles. The second-order valence-electron chi connectivity index (χ2n) is 5.32. The number of carbonyl (C=O) groups is 1. The van der Waals surface area contributed by atoms with Gasteiger partial charge in [-0.15, -0.1) is 0 Å². The van der Waals surface area contributed by atoms with Crippen molar-refractivity contribution in [3.05, 3.63) is 47.5 Å². The van der Waals surface area contributed by atoms with Crippen LogP contribution in [0, 0.1) is 5.82 Å². The smallest absolute Gasteiger partial charge is 0.307 e. The third-order valence-corrected chi connectivity index (χ3v) is 3.49. The lowest BCUT2D eigenvalue weighted by Crippen LogP contribution is -2.08. The van der Waals surface area contributed by atoms with E-state index in [1.807, 2.05) is 13.8 Å². The summed E-state index contributed by atoms with van der Waals surface area (Å²) < 4.78 is 19.3. The van der Waals surface area contributed by atoms with Crippen LogP contribution < -0.4 is 4.74 Å². The Balaban J connectivity index is 2.75. The van der Waals surface area contributed by atoms with E-state index < -0.39 is 11.8 Å². The molecule has 5 heteroatoms. The Bertz CT molecular complexity index is 698. The first-order valence-corrected chi connectivity index (χ1v) is 6.96. The quantitative estimate of drug-likeness (QED) is 0.916. The zero-order chi connectivity index (χ0) is 16.3. The predicted molar refractivity (Wildman–Crippen MR) is 81.6 cm³/mol. The number of aromatic nitrogens is 1. The molecule has 0 bridgehead atoms. The van der Waals surface area contributed by atoms with Crippen molar-refractivity contribution < 1.29 is 19.0 Å². The molecule has 22 heavy (non-hydrogen) atoms. The number of methoxy groups -OCH3 is 1. The summed E-state index contributed by atoms with van der Waals surface area (Å²) in [5.41, 5.74) is 2.37. The van der Waals surface area contributed by atoms with E-state index >= 15 is 0 Å². The van der Waals surface area contributed by atoms with Crippen LogP contribution in [0.4, 0.5) is 4.39 Å². The monoisotopic (exact) mass is 303 g/mol. The highest BCUT2D eigenvalue weighted by Crippen LogP contribution is 2.36. The Hall–Kier alpha value is -2.43. The summed E-state index contributed by atoms with van der Waals surface area (Å²) in [4.78, 5) is 15.3. The van der Waals surface area contributed by atoms with Crippen molar-refractivity contribution in [2.45, 2.75) is 26.2 Å². The number of hydrogen-bond acceptors (Lipinski definition) is 3. The lowest BCUT2D eigenvalue weighted by atomic mass is 9.88. The molecule has 0 amide bonds. The predicted octanol–water partition coefficient (Wildman–Crippen LogP) is 3.65. The second kappa shape index (κ2) is 6.56. The first kappa shape index (κ1) is 15.9. The summed E-state index contributed by atoms with van der Waals surface area (Å²) >= 11 is 0. The average molecular weight is 303 g/mol. The largest absolute Gasteiger partial charge is 0.496 e. The van der Waals surface area contributed by atoms with Gasteiger partial charge in [0.15, 0.2) is 0 Å². The molecule has 0 saturated carbocycles. The summed E-state index contributed by atoms with van der Waals surface area (Å²) in [5.74, 6) is -0.829. The lowest BCUT2D eigenvalue weighted by Gasteiger charge is -2.18. The van der Waals surface area contributed by atoms with Crippen molar-refractivity contribution in [1.82, 2.24) is 4.98 Å². The van der Waals surface area contributed by atoms with Crippen LogP contribution in [-0.4, -0.2) is 23.2 Å². The molecule has 1 N–H and O–H groups in total. The van der Waals surface area contributed by atoms with E-state index in [4.69, 9.17) is 4.74 Å². The number of aliphatic carboxylic acids is 1. The number of halogens is 1. The van der Waals surface area contributed by atoms with Gasteiger partial charge in [0.1, 0.15) is 11.6 Å². The summed E-state index contributed by atoms with van der Waals surface area (Å²) in [7, 11) is 1.51. The van der Waals surface area contributed by atoms with Crippen LogP contribution in [0.15, 0.2) is 30.6 Å². The van der Waals surface area contributed by atoms with E-state index in [-0.39, 0.29) is 12.3 Å². The Morgan fingerprint density at radius 3 is 2.68 bits per heavy atom. The van der Waals surface area contributed by atoms with Crippen LogP contribution in [0.1, 0.15) is 30.9 Å². The van der Waals surface area contributed by atoms with E-state index in [9.17, 15) is 14.3 Å². The molecule has 0 aliphatic heterocycles. The molecule has 1 heterocycles. The van der Waals surface area contributed by atoms with Crippen LogP contribution >= 0.6 is 0 Å². The SMILES string of the molecule is COc1ccncc1-c1cc(F)cc(C(C)C)c1CC(=O)O. The topological polar surface area (TPSA) is 59.4 Å². The molecule has 2 aromatic rings. The minimum absolute atomic E-state index is 0.00599. The van der Waals surface area contributed by atoms with Gasteiger partial charge >= 0.3 is 5.97 Å². The van der Waals surface area contributed by atoms with Gasteiger partial charge in [0.25, 0.3) is 0 Å². The number of carboxylic acid groups (broad SMARTS) is 1. The average Bonchev–Trinajstić information content (AvgIpc) is 2.47. The summed E-state index contributed by atoms with van der Waals surface area (Å²) in [6.07, 6.45) is 2.95. The number of hydrogen-bond donors (Lipinski definition) is 1. The van der Waals surface area contributed by atoms with Gasteiger partial charge in [0, 0.05) is 18.0 Å². The highest BCUT2D eigenvalue weighted by molar-refractivity contribution is 5.80. The molecular formula is C17H18FNO3. The zero-order valence-electron chi connectivity index (χ0n) is 12.8. The van der Waals surface area contributed by atoms with Crippen molar-refractivity contribution in [2.24, 2.45) is 0 Å². The molecule has 0 atom stereocenters. The maximum absolute atomic E-state index is 14.0. The number of rotatable bonds is 5. The minimum atomic E-state index is -0.961. The van der Waals surface area contributed by atoms with Gasteiger partial charge in [-0.1, -0.05) is 13.8 Å². The summed E-state index contributed by atoms with van der Waals surface area (Å²) in [6.45, 7) is 3.81. The minimum Gasteiger partial charge on any atom is -0.496 e. The van der Waals surface area contributed by atoms with E-state index in [0.717, 1.165) is 0 Å². The second-order valence-corrected chi connectivity index (χ2v) is 5.32. The molecule has 4 nitrogen and oxygen atoms in total. The zero-order valence-corrected chi connectivity index (χ0v) is 12.8. The Morgan fingerprint density at radius 1 is 1.36 bits per heavy atom. The highest BCUT2D eigenvalue weighted by atomic mass is 19.1. The molecule has 2 rings (SSSR count). The van der Waals surface area contributed by atoms with E-state index in [1.54, 1.807) is 18.5 Å². The summed E-state index contributed by atoms with van der Waals surface area (Å²) in [6, 6.07) is 4.40. The summed E-state index contributed by atoms with van der Waals surface area (Å²) in [5, 5.41) is 9.20. The maximum atomic E-state index is 14.0. The van der Waals surface area contributed by atoms with Crippen LogP contribution in [0.5, 0.6) is 5.75 Å². The third-order valence-electron chi connectivity index (χ3n) is 3.49. The maximum Gasteiger partial charge on any atom is 0.307 e. The first-order chi connectivity index (χ1) is 10.4. The molecule has 1 aromatic heterocycles. The van der Waals surface area contributed by atoms with Crippen LogP contribution in [0.3, 0.4) is 0 Å². The molecule has 0 radical (unpaired) electrons. The fraction of sp³-hybridized carbons (Fsp3) is 0.294. The number of nitrogens with zero attached hydrogens (tertiary/aromatic N) is 1. The van der Waals surface area contributed by atoms with Gasteiger partial charge in [-0.25, -0.2) is 4.39 Å². The Morgan fingerprint density at radius 2 is 2.09 bits per heavy atom. The number of pyridine rings is 1. The van der Waals surface area contributed by atoms with Crippen molar-refractivity contribution >= 4 is 5.97 Å². The molecule has 116 valence electrons. The van der Waals surface area contributed by atoms with Crippen molar-refractivity contribution in [2.75, 3.05) is 7.11 Å². The first-order valence-electron chi connectivity index (χ1n) is 6.96. The van der Waals surface area contributed by atoms with E-state index in [2.05, 4.69) is 4.98 Å².